The lowest BCUT2D eigenvalue weighted by Crippen LogP contribution is -2.04. The molecule has 1 rings (SSSR count). The minimum absolute atomic E-state index is 0. The van der Waals surface area contributed by atoms with Gasteiger partial charge in [-0.05, 0) is 40.5 Å². The highest BCUT2D eigenvalue weighted by molar-refractivity contribution is 9.10. The van der Waals surface area contributed by atoms with Gasteiger partial charge >= 0.3 is 0 Å². The molecule has 0 radical (unpaired) electrons. The predicted octanol–water partition coefficient (Wildman–Crippen LogP) is 2.29. The number of hydrogen-bond acceptors (Lipinski definition) is 2. The molecule has 62 valence electrons. The van der Waals surface area contributed by atoms with Crippen LogP contribution in [0.1, 0.15) is 18.5 Å². The van der Waals surface area contributed by atoms with Gasteiger partial charge in [-0.2, -0.15) is 0 Å². The molecule has 0 aromatic carbocycles. The fourth-order valence-corrected chi connectivity index (χ4v) is 1.08. The van der Waals surface area contributed by atoms with Gasteiger partial charge in [-0.1, -0.05) is 0 Å². The molecule has 0 amide bonds. The Morgan fingerprint density at radius 1 is 1.64 bits per heavy atom. The topological polar surface area (TPSA) is 38.9 Å². The summed E-state index contributed by atoms with van der Waals surface area (Å²) in [6.07, 6.45) is 1.74. The monoisotopic (exact) mass is 236 g/mol. The summed E-state index contributed by atoms with van der Waals surface area (Å²) in [6, 6.07) is 3.92. The normalized spacial score (nSPS) is 11.9. The molecule has 0 saturated heterocycles. The summed E-state index contributed by atoms with van der Waals surface area (Å²) < 4.78 is 0.835. The quantitative estimate of drug-likeness (QED) is 0.761. The maximum absolute atomic E-state index is 5.63. The van der Waals surface area contributed by atoms with E-state index in [1.54, 1.807) is 6.20 Å². The van der Waals surface area contributed by atoms with Gasteiger partial charge in [0, 0.05) is 12.2 Å². The minimum Gasteiger partial charge on any atom is -0.324 e. The van der Waals surface area contributed by atoms with Crippen molar-refractivity contribution in [3.63, 3.8) is 0 Å². The van der Waals surface area contributed by atoms with Crippen LogP contribution in [-0.2, 0) is 0 Å². The Hall–Kier alpha value is -0.120. The average Bonchev–Trinajstić information content (AvgIpc) is 1.88. The Bertz CT molecular complexity index is 227. The van der Waals surface area contributed by atoms with Crippen molar-refractivity contribution in [1.82, 2.24) is 4.98 Å². The second kappa shape index (κ2) is 4.70. The first-order chi connectivity index (χ1) is 4.70. The molecule has 0 fully saturated rings. The molecule has 0 spiro atoms. The summed E-state index contributed by atoms with van der Waals surface area (Å²) in [5.74, 6) is 0. The molecular formula is C7H10BrClN2. The zero-order chi connectivity index (χ0) is 7.56. The molecule has 11 heavy (non-hydrogen) atoms. The summed E-state index contributed by atoms with van der Waals surface area (Å²) in [6.45, 7) is 1.95. The third kappa shape index (κ3) is 3.18. The van der Waals surface area contributed by atoms with Crippen molar-refractivity contribution in [2.45, 2.75) is 13.0 Å². The summed E-state index contributed by atoms with van der Waals surface area (Å²) in [5.41, 5.74) is 6.73. The van der Waals surface area contributed by atoms with E-state index in [0.29, 0.717) is 0 Å². The summed E-state index contributed by atoms with van der Waals surface area (Å²) in [7, 11) is 0. The molecule has 0 unspecified atom stereocenters. The Morgan fingerprint density at radius 3 is 2.64 bits per heavy atom. The van der Waals surface area contributed by atoms with E-state index < -0.39 is 0 Å². The van der Waals surface area contributed by atoms with Crippen LogP contribution in [0.15, 0.2) is 22.9 Å². The van der Waals surface area contributed by atoms with E-state index in [1.165, 1.54) is 0 Å². The standard InChI is InChI=1S/C7H9BrN2.ClH/c1-5(9)6-2-3-10-7(8)4-6;/h2-5H,9H2,1H3;1H/t5-;/m1./s1. The first-order valence-electron chi connectivity index (χ1n) is 3.07. The first kappa shape index (κ1) is 10.9. The van der Waals surface area contributed by atoms with Crippen molar-refractivity contribution in [2.24, 2.45) is 5.73 Å². The van der Waals surface area contributed by atoms with Crippen LogP contribution in [0.3, 0.4) is 0 Å². The van der Waals surface area contributed by atoms with Crippen LogP contribution in [-0.4, -0.2) is 4.98 Å². The molecule has 4 heteroatoms. The Kier molecular flexibility index (Phi) is 4.65. The van der Waals surface area contributed by atoms with E-state index in [-0.39, 0.29) is 18.4 Å². The van der Waals surface area contributed by atoms with E-state index >= 15 is 0 Å². The van der Waals surface area contributed by atoms with Gasteiger partial charge in [-0.15, -0.1) is 12.4 Å². The first-order valence-corrected chi connectivity index (χ1v) is 3.86. The van der Waals surface area contributed by atoms with Gasteiger partial charge in [0.05, 0.1) is 0 Å². The third-order valence-corrected chi connectivity index (χ3v) is 1.71. The minimum atomic E-state index is 0. The smallest absolute Gasteiger partial charge is 0.106 e. The van der Waals surface area contributed by atoms with E-state index in [1.807, 2.05) is 19.1 Å². The highest BCUT2D eigenvalue weighted by Crippen LogP contribution is 2.12. The molecule has 1 atom stereocenters. The van der Waals surface area contributed by atoms with Crippen molar-refractivity contribution < 1.29 is 0 Å². The van der Waals surface area contributed by atoms with Crippen LogP contribution in [0.5, 0.6) is 0 Å². The third-order valence-electron chi connectivity index (χ3n) is 1.28. The van der Waals surface area contributed by atoms with Crippen LogP contribution in [0, 0.1) is 0 Å². The average molecular weight is 238 g/mol. The van der Waals surface area contributed by atoms with Gasteiger partial charge in [-0.25, -0.2) is 4.98 Å². The molecule has 0 saturated carbocycles. The summed E-state index contributed by atoms with van der Waals surface area (Å²) in [4.78, 5) is 3.98. The molecule has 2 nitrogen and oxygen atoms in total. The van der Waals surface area contributed by atoms with Crippen molar-refractivity contribution in [2.75, 3.05) is 0 Å². The van der Waals surface area contributed by atoms with Gasteiger partial charge in [0.15, 0.2) is 0 Å². The fourth-order valence-electron chi connectivity index (χ4n) is 0.701. The summed E-state index contributed by atoms with van der Waals surface area (Å²) in [5, 5.41) is 0. The summed E-state index contributed by atoms with van der Waals surface area (Å²) >= 11 is 3.26. The molecular weight excluding hydrogens is 227 g/mol. The largest absolute Gasteiger partial charge is 0.324 e. The zero-order valence-electron chi connectivity index (χ0n) is 6.12. The van der Waals surface area contributed by atoms with Crippen molar-refractivity contribution in [3.05, 3.63) is 28.5 Å². The molecule has 0 aliphatic rings. The van der Waals surface area contributed by atoms with Gasteiger partial charge in [0.1, 0.15) is 4.60 Å². The lowest BCUT2D eigenvalue weighted by molar-refractivity contribution is 0.814. The molecule has 1 aromatic heterocycles. The number of pyridine rings is 1. The molecule has 2 N–H and O–H groups in total. The highest BCUT2D eigenvalue weighted by Gasteiger charge is 1.97. The number of aromatic nitrogens is 1. The van der Waals surface area contributed by atoms with E-state index in [9.17, 15) is 0 Å². The van der Waals surface area contributed by atoms with Crippen LogP contribution >= 0.6 is 28.3 Å². The van der Waals surface area contributed by atoms with Gasteiger partial charge < -0.3 is 5.73 Å². The SMILES string of the molecule is C[C@@H](N)c1ccnc(Br)c1.Cl. The van der Waals surface area contributed by atoms with Gasteiger partial charge in [0.25, 0.3) is 0 Å². The number of nitrogens with two attached hydrogens (primary N) is 1. The number of hydrogen-bond donors (Lipinski definition) is 1. The molecule has 0 bridgehead atoms. The Morgan fingerprint density at radius 2 is 2.27 bits per heavy atom. The van der Waals surface area contributed by atoms with Crippen LogP contribution in [0.4, 0.5) is 0 Å². The maximum Gasteiger partial charge on any atom is 0.106 e. The van der Waals surface area contributed by atoms with Crippen LogP contribution < -0.4 is 5.73 Å². The molecule has 1 aromatic rings. The van der Waals surface area contributed by atoms with Crippen molar-refractivity contribution >= 4 is 28.3 Å². The highest BCUT2D eigenvalue weighted by atomic mass is 79.9. The number of rotatable bonds is 1. The van der Waals surface area contributed by atoms with Crippen LogP contribution in [0.2, 0.25) is 0 Å². The predicted molar refractivity (Wildman–Crippen MR) is 51.8 cm³/mol. The number of halogens is 2. The second-order valence-electron chi connectivity index (χ2n) is 2.20. The zero-order valence-corrected chi connectivity index (χ0v) is 8.52. The van der Waals surface area contributed by atoms with Crippen molar-refractivity contribution in [3.8, 4) is 0 Å². The van der Waals surface area contributed by atoms with Gasteiger partial charge in [0.2, 0.25) is 0 Å². The lowest BCUT2D eigenvalue weighted by atomic mass is 10.1. The second-order valence-corrected chi connectivity index (χ2v) is 3.01. The fraction of sp³-hybridized carbons (Fsp3) is 0.286. The maximum atomic E-state index is 5.63. The van der Waals surface area contributed by atoms with E-state index in [4.69, 9.17) is 5.73 Å². The lowest BCUT2D eigenvalue weighted by Gasteiger charge is -2.03. The van der Waals surface area contributed by atoms with E-state index in [2.05, 4.69) is 20.9 Å². The molecule has 0 aliphatic heterocycles. The van der Waals surface area contributed by atoms with Crippen LogP contribution in [0.25, 0.3) is 0 Å². The number of nitrogens with zero attached hydrogens (tertiary/aromatic N) is 1. The molecule has 1 heterocycles. The van der Waals surface area contributed by atoms with Gasteiger partial charge in [-0.3, -0.25) is 0 Å². The Labute approximate surface area is 80.7 Å². The molecule has 0 aliphatic carbocycles. The Balaban J connectivity index is 0.000001000. The van der Waals surface area contributed by atoms with E-state index in [0.717, 1.165) is 10.2 Å². The van der Waals surface area contributed by atoms with Crippen molar-refractivity contribution in [1.29, 1.82) is 0 Å².